The van der Waals surface area contributed by atoms with E-state index in [2.05, 4.69) is 6.58 Å². The first-order valence-electron chi connectivity index (χ1n) is 4.89. The van der Waals surface area contributed by atoms with Crippen molar-refractivity contribution in [3.8, 4) is 11.1 Å². The minimum Gasteiger partial charge on any atom is -0.206 e. The predicted molar refractivity (Wildman–Crippen MR) is 66.9 cm³/mol. The average molecular weight is 233 g/mol. The molecule has 0 bridgehead atoms. The summed E-state index contributed by atoms with van der Waals surface area (Å²) < 4.78 is 13.7. The molecule has 0 heterocycles. The molecule has 0 aliphatic heterocycles. The van der Waals surface area contributed by atoms with E-state index in [1.165, 1.54) is 12.1 Å². The molecule has 0 aromatic heterocycles. The molecule has 2 rings (SSSR count). The molecule has 0 aliphatic rings. The van der Waals surface area contributed by atoms with E-state index in [1.54, 1.807) is 12.1 Å². The van der Waals surface area contributed by atoms with Gasteiger partial charge in [0.05, 0.1) is 0 Å². The summed E-state index contributed by atoms with van der Waals surface area (Å²) in [5, 5.41) is 0.523. The van der Waals surface area contributed by atoms with Crippen molar-refractivity contribution < 1.29 is 4.39 Å². The topological polar surface area (TPSA) is 0 Å². The van der Waals surface area contributed by atoms with Crippen LogP contribution in [0.15, 0.2) is 49.0 Å². The maximum atomic E-state index is 13.7. The van der Waals surface area contributed by atoms with Gasteiger partial charge in [-0.05, 0) is 29.3 Å². The van der Waals surface area contributed by atoms with Crippen LogP contribution < -0.4 is 0 Å². The van der Waals surface area contributed by atoms with Gasteiger partial charge >= 0.3 is 0 Å². The summed E-state index contributed by atoms with van der Waals surface area (Å²) in [7, 11) is 0. The third-order valence-corrected chi connectivity index (χ3v) is 2.63. The fraction of sp³-hybridized carbons (Fsp3) is 0. The molecule has 0 spiro atoms. The minimum absolute atomic E-state index is 0.279. The van der Waals surface area contributed by atoms with Crippen molar-refractivity contribution in [2.75, 3.05) is 0 Å². The second-order valence-corrected chi connectivity index (χ2v) is 3.85. The lowest BCUT2D eigenvalue weighted by atomic mass is 9.99. The normalized spacial score (nSPS) is 10.1. The van der Waals surface area contributed by atoms with E-state index in [4.69, 9.17) is 11.6 Å². The Labute approximate surface area is 99.0 Å². The molecule has 16 heavy (non-hydrogen) atoms. The van der Waals surface area contributed by atoms with Gasteiger partial charge < -0.3 is 0 Å². The summed E-state index contributed by atoms with van der Waals surface area (Å²) in [4.78, 5) is 0. The minimum atomic E-state index is -0.279. The van der Waals surface area contributed by atoms with Crippen molar-refractivity contribution >= 4 is 17.7 Å². The lowest BCUT2D eigenvalue weighted by Crippen LogP contribution is -1.87. The molecule has 0 saturated heterocycles. The molecular formula is C14H10ClF. The Hall–Kier alpha value is -1.60. The fourth-order valence-electron chi connectivity index (χ4n) is 1.62. The van der Waals surface area contributed by atoms with Gasteiger partial charge in [0.1, 0.15) is 5.82 Å². The first-order valence-corrected chi connectivity index (χ1v) is 5.27. The predicted octanol–water partition coefficient (Wildman–Crippen LogP) is 4.79. The Morgan fingerprint density at radius 1 is 1.06 bits per heavy atom. The molecule has 2 aromatic carbocycles. The van der Waals surface area contributed by atoms with Gasteiger partial charge in [-0.1, -0.05) is 48.5 Å². The Morgan fingerprint density at radius 2 is 1.81 bits per heavy atom. The number of hydrogen-bond donors (Lipinski definition) is 0. The van der Waals surface area contributed by atoms with E-state index in [1.807, 2.05) is 24.3 Å². The molecule has 0 atom stereocenters. The molecule has 0 amide bonds. The number of halogens is 2. The van der Waals surface area contributed by atoms with Crippen molar-refractivity contribution in [3.05, 3.63) is 65.4 Å². The van der Waals surface area contributed by atoms with E-state index in [9.17, 15) is 4.39 Å². The Kier molecular flexibility index (Phi) is 3.07. The first-order chi connectivity index (χ1) is 7.72. The SMILES string of the molecule is C=Cc1ccccc1-c1cc(Cl)ccc1F. The Bertz CT molecular complexity index is 532. The summed E-state index contributed by atoms with van der Waals surface area (Å²) in [5.41, 5.74) is 2.20. The third kappa shape index (κ3) is 2.00. The summed E-state index contributed by atoms with van der Waals surface area (Å²) >= 11 is 5.87. The van der Waals surface area contributed by atoms with E-state index in [0.717, 1.165) is 11.1 Å². The van der Waals surface area contributed by atoms with Crippen molar-refractivity contribution in [3.63, 3.8) is 0 Å². The summed E-state index contributed by atoms with van der Waals surface area (Å²) in [6.07, 6.45) is 1.70. The largest absolute Gasteiger partial charge is 0.206 e. The highest BCUT2D eigenvalue weighted by atomic mass is 35.5. The molecule has 0 fully saturated rings. The van der Waals surface area contributed by atoms with Gasteiger partial charge in [-0.2, -0.15) is 0 Å². The van der Waals surface area contributed by atoms with Crippen LogP contribution in [0, 0.1) is 5.82 Å². The van der Waals surface area contributed by atoms with Crippen LogP contribution in [0.3, 0.4) is 0 Å². The second-order valence-electron chi connectivity index (χ2n) is 3.42. The van der Waals surface area contributed by atoms with Crippen molar-refractivity contribution in [2.24, 2.45) is 0 Å². The smallest absolute Gasteiger partial charge is 0.131 e. The van der Waals surface area contributed by atoms with Crippen LogP contribution >= 0.6 is 11.6 Å². The number of rotatable bonds is 2. The van der Waals surface area contributed by atoms with Crippen LogP contribution in [0.2, 0.25) is 5.02 Å². The Morgan fingerprint density at radius 3 is 2.56 bits per heavy atom. The molecule has 2 heteroatoms. The summed E-state index contributed by atoms with van der Waals surface area (Å²) in [6.45, 7) is 3.71. The quantitative estimate of drug-likeness (QED) is 0.699. The monoisotopic (exact) mass is 232 g/mol. The van der Waals surface area contributed by atoms with Gasteiger partial charge in [-0.3, -0.25) is 0 Å². The average Bonchev–Trinajstić information content (AvgIpc) is 2.32. The molecule has 0 nitrogen and oxygen atoms in total. The van der Waals surface area contributed by atoms with Crippen LogP contribution in [-0.2, 0) is 0 Å². The van der Waals surface area contributed by atoms with E-state index in [0.29, 0.717) is 10.6 Å². The van der Waals surface area contributed by atoms with Crippen molar-refractivity contribution in [1.29, 1.82) is 0 Å². The fourth-order valence-corrected chi connectivity index (χ4v) is 1.80. The van der Waals surface area contributed by atoms with Gasteiger partial charge in [-0.25, -0.2) is 4.39 Å². The van der Waals surface area contributed by atoms with E-state index >= 15 is 0 Å². The molecule has 0 unspecified atom stereocenters. The number of benzene rings is 2. The van der Waals surface area contributed by atoms with Gasteiger partial charge in [0.15, 0.2) is 0 Å². The molecule has 80 valence electrons. The lowest BCUT2D eigenvalue weighted by molar-refractivity contribution is 0.631. The van der Waals surface area contributed by atoms with E-state index in [-0.39, 0.29) is 5.82 Å². The van der Waals surface area contributed by atoms with Crippen LogP contribution in [-0.4, -0.2) is 0 Å². The summed E-state index contributed by atoms with van der Waals surface area (Å²) in [5.74, 6) is -0.279. The maximum absolute atomic E-state index is 13.7. The standard InChI is InChI=1S/C14H10ClF/c1-2-10-5-3-4-6-12(10)13-9-11(15)7-8-14(13)16/h2-9H,1H2. The molecule has 0 radical (unpaired) electrons. The van der Waals surface area contributed by atoms with Gasteiger partial charge in [0.2, 0.25) is 0 Å². The molecular weight excluding hydrogens is 223 g/mol. The van der Waals surface area contributed by atoms with Gasteiger partial charge in [0.25, 0.3) is 0 Å². The zero-order chi connectivity index (χ0) is 11.5. The summed E-state index contributed by atoms with van der Waals surface area (Å²) in [6, 6.07) is 12.0. The molecule has 2 aromatic rings. The van der Waals surface area contributed by atoms with Crippen LogP contribution in [0.4, 0.5) is 4.39 Å². The van der Waals surface area contributed by atoms with Gasteiger partial charge in [0, 0.05) is 10.6 Å². The Balaban J connectivity index is 2.66. The molecule has 0 saturated carbocycles. The van der Waals surface area contributed by atoms with Crippen LogP contribution in [0.1, 0.15) is 5.56 Å². The third-order valence-electron chi connectivity index (χ3n) is 2.40. The van der Waals surface area contributed by atoms with Crippen molar-refractivity contribution in [1.82, 2.24) is 0 Å². The second kappa shape index (κ2) is 4.50. The highest BCUT2D eigenvalue weighted by Gasteiger charge is 2.08. The van der Waals surface area contributed by atoms with E-state index < -0.39 is 0 Å². The maximum Gasteiger partial charge on any atom is 0.131 e. The zero-order valence-electron chi connectivity index (χ0n) is 8.58. The van der Waals surface area contributed by atoms with Gasteiger partial charge in [-0.15, -0.1) is 0 Å². The molecule has 0 N–H and O–H groups in total. The van der Waals surface area contributed by atoms with Crippen LogP contribution in [0.5, 0.6) is 0 Å². The first kappa shape index (κ1) is 10.9. The van der Waals surface area contributed by atoms with Crippen LogP contribution in [0.25, 0.3) is 17.2 Å². The lowest BCUT2D eigenvalue weighted by Gasteiger charge is -2.07. The molecule has 0 aliphatic carbocycles. The highest BCUT2D eigenvalue weighted by molar-refractivity contribution is 6.30. The number of hydrogen-bond acceptors (Lipinski definition) is 0. The zero-order valence-corrected chi connectivity index (χ0v) is 9.34. The highest BCUT2D eigenvalue weighted by Crippen LogP contribution is 2.29. The van der Waals surface area contributed by atoms with Crippen molar-refractivity contribution in [2.45, 2.75) is 0 Å².